The number of rotatable bonds is 0. The van der Waals surface area contributed by atoms with Gasteiger partial charge in [0.05, 0.1) is 56.4 Å². The summed E-state index contributed by atoms with van der Waals surface area (Å²) in [4.78, 5) is 85.1. The van der Waals surface area contributed by atoms with E-state index in [0.29, 0.717) is 0 Å². The molecule has 0 aliphatic rings. The molecule has 1 atom stereocenters. The van der Waals surface area contributed by atoms with Gasteiger partial charge < -0.3 is 36.0 Å². The van der Waals surface area contributed by atoms with Gasteiger partial charge in [-0.2, -0.15) is 4.20 Å². The Hall–Kier alpha value is 0.185. The Morgan fingerprint density at radius 1 is 0.400 bits per heavy atom. The lowest BCUT2D eigenvalue weighted by atomic mass is 10.3. The van der Waals surface area contributed by atoms with E-state index in [1.165, 1.54) is 0 Å². The van der Waals surface area contributed by atoms with Crippen LogP contribution in [0.1, 0.15) is 0 Å². The second kappa shape index (κ2) is 28.1. The minimum atomic E-state index is -6.00. The van der Waals surface area contributed by atoms with Gasteiger partial charge in [-0.1, -0.05) is 0 Å². The topological polar surface area (TPSA) is 348 Å². The van der Waals surface area contributed by atoms with E-state index in [-0.39, 0.29) is 0 Å². The lowest BCUT2D eigenvalue weighted by molar-refractivity contribution is -0.849. The third-order valence-corrected chi connectivity index (χ3v) is 0. The van der Waals surface area contributed by atoms with E-state index in [2.05, 4.69) is 56.4 Å². The molecule has 0 saturated heterocycles. The molecule has 37 heteroatoms. The fourth-order valence-corrected chi connectivity index (χ4v) is 0. The molecule has 45 heavy (non-hydrogen) atoms. The van der Waals surface area contributed by atoms with E-state index in [4.69, 9.17) is 86.1 Å². The van der Waals surface area contributed by atoms with Crippen LogP contribution in [0.5, 0.6) is 0 Å². The van der Waals surface area contributed by atoms with E-state index in [1.807, 2.05) is 0 Å². The van der Waals surface area contributed by atoms with Crippen molar-refractivity contribution >= 4 is 54.7 Å². The summed E-state index contributed by atoms with van der Waals surface area (Å²) in [6.45, 7) is 0. The first-order chi connectivity index (χ1) is 18.0. The standard InChI is InChI=1S/2C4H12N.BF4.6FH2O3P/c2*1-5(2,3)4;2-1(3,4)5;6*1-5(2,3)4/h2*1-4H3;;6*(H2,2,3,4)/q2*+1;-1;;;;;;/p-1. The fourth-order valence-electron chi connectivity index (χ4n) is 0. The predicted octanol–water partition coefficient (Wildman–Crippen LogP) is 1.60. The highest BCUT2D eigenvalue weighted by atomic mass is 31.2. The SMILES string of the molecule is C[N+](C)(C)C.C[N+](C)(C)C.F[B-](F)(F)F.O=P(O)(O)F.O=P(O)(O)F.O=P(O)(O)F.O=P(O)(O)F.O=P(O)(O)F.O=P([O-])(O)F. The summed E-state index contributed by atoms with van der Waals surface area (Å²) in [5.74, 6) is 0. The van der Waals surface area contributed by atoms with Gasteiger partial charge in [0.15, 0.2) is 0 Å². The maximum Gasteiger partial charge on any atom is 0.673 e. The summed E-state index contributed by atoms with van der Waals surface area (Å²) in [7, 11) is -20.1. The number of halogens is 10. The highest BCUT2D eigenvalue weighted by Gasteiger charge is 2.20. The lowest BCUT2D eigenvalue weighted by Gasteiger charge is -2.14. The molecule has 0 radical (unpaired) electrons. The number of hydrogen-bond acceptors (Lipinski definition) is 7. The van der Waals surface area contributed by atoms with Gasteiger partial charge in [0, 0.05) is 0 Å². The van der Waals surface area contributed by atoms with E-state index in [0.717, 1.165) is 8.97 Å². The van der Waals surface area contributed by atoms with Crippen LogP contribution in [-0.2, 0) is 27.4 Å². The van der Waals surface area contributed by atoms with Crippen molar-refractivity contribution in [3.8, 4) is 0 Å². The van der Waals surface area contributed by atoms with Crippen LogP contribution in [0, 0.1) is 0 Å². The van der Waals surface area contributed by atoms with Crippen LogP contribution in [0.4, 0.5) is 42.4 Å². The van der Waals surface area contributed by atoms with Crippen LogP contribution in [0.15, 0.2) is 0 Å². The molecule has 288 valence electrons. The Labute approximate surface area is 249 Å². The Bertz CT molecular complexity index is 726. The van der Waals surface area contributed by atoms with Crippen molar-refractivity contribution in [3.05, 3.63) is 0 Å². The summed E-state index contributed by atoms with van der Waals surface area (Å²) >= 11 is 0. The van der Waals surface area contributed by atoms with Gasteiger partial charge in [0.1, 0.15) is 0 Å². The molecule has 20 nitrogen and oxygen atoms in total. The van der Waals surface area contributed by atoms with Gasteiger partial charge in [0.25, 0.3) is 0 Å². The maximum absolute atomic E-state index is 10.4. The van der Waals surface area contributed by atoms with Crippen molar-refractivity contribution in [2.24, 2.45) is 0 Å². The molecule has 0 saturated carbocycles. The van der Waals surface area contributed by atoms with Crippen LogP contribution >= 0.6 is 47.4 Å². The van der Waals surface area contributed by atoms with Crippen LogP contribution in [0.25, 0.3) is 0 Å². The summed E-state index contributed by atoms with van der Waals surface area (Å²) in [6, 6.07) is 0. The molecule has 0 aromatic heterocycles. The molecule has 0 fully saturated rings. The van der Waals surface area contributed by atoms with Crippen molar-refractivity contribution in [1.29, 1.82) is 0 Å². The van der Waals surface area contributed by atoms with Crippen LogP contribution in [-0.4, -0.2) is 126 Å². The average molecular weight is 834 g/mol. The van der Waals surface area contributed by atoms with Gasteiger partial charge in [-0.25, -0.2) is 22.8 Å². The van der Waals surface area contributed by atoms with Crippen LogP contribution in [0.3, 0.4) is 0 Å². The molecule has 0 amide bonds. The van der Waals surface area contributed by atoms with Gasteiger partial charge in [-0.3, -0.25) is 53.5 Å². The molecule has 0 heterocycles. The fraction of sp³-hybridized carbons (Fsp3) is 1.00. The summed E-state index contributed by atoms with van der Waals surface area (Å²) in [5.41, 5.74) is 0. The van der Waals surface area contributed by atoms with Crippen LogP contribution < -0.4 is 4.89 Å². The maximum atomic E-state index is 10.4. The van der Waals surface area contributed by atoms with E-state index < -0.39 is 54.7 Å². The molecule has 0 spiro atoms. The van der Waals surface area contributed by atoms with Gasteiger partial charge in [-0.05, 0) is 0 Å². The molecular weight excluding hydrogens is 799 g/mol. The molecule has 1 unspecified atom stereocenters. The van der Waals surface area contributed by atoms with Gasteiger partial charge >= 0.3 is 54.7 Å². The van der Waals surface area contributed by atoms with Crippen molar-refractivity contribution < 1.29 is 138 Å². The van der Waals surface area contributed by atoms with Crippen molar-refractivity contribution in [2.45, 2.75) is 0 Å². The Morgan fingerprint density at radius 2 is 0.400 bits per heavy atom. The van der Waals surface area contributed by atoms with Crippen molar-refractivity contribution in [1.82, 2.24) is 0 Å². The minimum Gasteiger partial charge on any atom is -0.753 e. The quantitative estimate of drug-likeness (QED) is 0.0714. The molecule has 0 aliphatic carbocycles. The third-order valence-electron chi connectivity index (χ3n) is 0. The van der Waals surface area contributed by atoms with E-state index >= 15 is 0 Å². The lowest BCUT2D eigenvalue weighted by Crippen LogP contribution is -2.27. The van der Waals surface area contributed by atoms with Gasteiger partial charge in [-0.15, -0.1) is 21.0 Å². The Morgan fingerprint density at radius 3 is 0.400 bits per heavy atom. The van der Waals surface area contributed by atoms with Crippen molar-refractivity contribution in [2.75, 3.05) is 56.4 Å². The van der Waals surface area contributed by atoms with Crippen LogP contribution in [0.2, 0.25) is 0 Å². The monoisotopic (exact) mass is 834 g/mol. The molecule has 0 rings (SSSR count). The second-order valence-electron chi connectivity index (χ2n) is 8.68. The molecule has 0 aromatic rings. The average Bonchev–Trinajstić information content (AvgIpc) is 2.26. The highest BCUT2D eigenvalue weighted by Crippen LogP contribution is 2.36. The number of quaternary nitrogens is 2. The molecular formula is C8H35BF10N2O18P6. The first-order valence-corrected chi connectivity index (χ1v) is 17.9. The molecule has 0 bridgehead atoms. The zero-order valence-electron chi connectivity index (χ0n) is 23.7. The normalized spacial score (nSPS) is 12.9. The number of hydrogen-bond donors (Lipinski definition) is 11. The second-order valence-corrected chi connectivity index (χ2v) is 14.3. The molecule has 0 aliphatic heterocycles. The smallest absolute Gasteiger partial charge is 0.673 e. The Kier molecular flexibility index (Phi) is 42.0. The van der Waals surface area contributed by atoms with Gasteiger partial charge in [0.2, 0.25) is 0 Å². The molecule has 11 N–H and O–H groups in total. The zero-order valence-corrected chi connectivity index (χ0v) is 29.1. The summed E-state index contributed by atoms with van der Waals surface area (Å²) < 4.78 is 155. The van der Waals surface area contributed by atoms with E-state index in [1.54, 1.807) is 0 Å². The van der Waals surface area contributed by atoms with Crippen molar-refractivity contribution in [3.63, 3.8) is 0 Å². The molecule has 0 aromatic carbocycles. The van der Waals surface area contributed by atoms with E-state index in [9.17, 15) is 42.4 Å². The Balaban J connectivity index is -0.0000000463. The third kappa shape index (κ3) is 2300000. The zero-order chi connectivity index (χ0) is 40.5. The number of nitrogens with zero attached hydrogens (tertiary/aromatic N) is 2. The highest BCUT2D eigenvalue weighted by molar-refractivity contribution is 7.46. The summed E-state index contributed by atoms with van der Waals surface area (Å²) in [6.07, 6.45) is 0. The first kappa shape index (κ1) is 67.4. The largest absolute Gasteiger partial charge is 0.753 e. The minimum absolute atomic E-state index is 1.00. The first-order valence-electron chi connectivity index (χ1n) is 8.94. The predicted molar refractivity (Wildman–Crippen MR) is 135 cm³/mol. The summed E-state index contributed by atoms with van der Waals surface area (Å²) in [5, 5.41) is 0.